The zero-order chi connectivity index (χ0) is 13.8. The Balaban J connectivity index is 2.40. The average molecular weight is 257 g/mol. The molecule has 0 spiro atoms. The lowest BCUT2D eigenvalue weighted by Crippen LogP contribution is -2.54. The van der Waals surface area contributed by atoms with E-state index in [1.165, 1.54) is 6.42 Å². The van der Waals surface area contributed by atoms with Crippen molar-refractivity contribution in [1.29, 1.82) is 0 Å². The minimum absolute atomic E-state index is 0.222. The lowest BCUT2D eigenvalue weighted by Gasteiger charge is -2.39. The molecule has 0 amide bonds. The third kappa shape index (κ3) is 4.23. The van der Waals surface area contributed by atoms with Crippen molar-refractivity contribution in [2.75, 3.05) is 32.7 Å². The fraction of sp³-hybridized carbons (Fsp3) is 0.923. The van der Waals surface area contributed by atoms with Gasteiger partial charge in [0, 0.05) is 32.2 Å². The first-order valence-electron chi connectivity index (χ1n) is 6.85. The Morgan fingerprint density at radius 2 is 1.94 bits per heavy atom. The molecule has 0 bridgehead atoms. The number of rotatable bonds is 6. The van der Waals surface area contributed by atoms with Crippen LogP contribution in [0.15, 0.2) is 0 Å². The number of piperazine rings is 1. The topological polar surface area (TPSA) is 69.8 Å². The molecule has 1 fully saturated rings. The lowest BCUT2D eigenvalue weighted by molar-refractivity contribution is -0.143. The van der Waals surface area contributed by atoms with Gasteiger partial charge in [0.05, 0.1) is 0 Å². The van der Waals surface area contributed by atoms with Gasteiger partial charge >= 0.3 is 5.97 Å². The zero-order valence-corrected chi connectivity index (χ0v) is 11.9. The van der Waals surface area contributed by atoms with Crippen LogP contribution in [-0.4, -0.2) is 65.2 Å². The highest BCUT2D eigenvalue weighted by molar-refractivity contribution is 5.77. The number of carboxylic acids is 1. The lowest BCUT2D eigenvalue weighted by atomic mass is 9.94. The summed E-state index contributed by atoms with van der Waals surface area (Å²) >= 11 is 0. The fourth-order valence-corrected chi connectivity index (χ4v) is 2.57. The smallest absolute Gasteiger partial charge is 0.323 e. The number of carboxylic acid groups (broad SMARTS) is 1. The van der Waals surface area contributed by atoms with E-state index in [9.17, 15) is 4.79 Å². The summed E-state index contributed by atoms with van der Waals surface area (Å²) in [6.07, 6.45) is 1.69. The van der Waals surface area contributed by atoms with Crippen molar-refractivity contribution in [3.8, 4) is 0 Å². The van der Waals surface area contributed by atoms with Crippen molar-refractivity contribution < 1.29 is 9.90 Å². The first-order chi connectivity index (χ1) is 8.36. The fourth-order valence-electron chi connectivity index (χ4n) is 2.57. The Morgan fingerprint density at radius 3 is 2.39 bits per heavy atom. The van der Waals surface area contributed by atoms with E-state index in [1.54, 1.807) is 6.92 Å². The van der Waals surface area contributed by atoms with Crippen LogP contribution in [0.3, 0.4) is 0 Å². The second-order valence-corrected chi connectivity index (χ2v) is 5.65. The van der Waals surface area contributed by atoms with Gasteiger partial charge in [-0.15, -0.1) is 0 Å². The monoisotopic (exact) mass is 257 g/mol. The third-order valence-corrected chi connectivity index (χ3v) is 3.78. The van der Waals surface area contributed by atoms with Crippen LogP contribution in [0.1, 0.15) is 33.6 Å². The summed E-state index contributed by atoms with van der Waals surface area (Å²) in [4.78, 5) is 15.8. The molecule has 0 aromatic rings. The van der Waals surface area contributed by atoms with Gasteiger partial charge in [0.2, 0.25) is 0 Å². The summed E-state index contributed by atoms with van der Waals surface area (Å²) in [7, 11) is 0. The summed E-state index contributed by atoms with van der Waals surface area (Å²) in [5.41, 5.74) is 4.68. The van der Waals surface area contributed by atoms with E-state index in [-0.39, 0.29) is 6.04 Å². The Labute approximate surface area is 110 Å². The maximum atomic E-state index is 11.0. The van der Waals surface area contributed by atoms with Crippen molar-refractivity contribution in [2.24, 2.45) is 5.73 Å². The van der Waals surface area contributed by atoms with Crippen LogP contribution in [0.4, 0.5) is 0 Å². The van der Waals surface area contributed by atoms with Gasteiger partial charge < -0.3 is 15.7 Å². The molecule has 0 saturated carbocycles. The van der Waals surface area contributed by atoms with Crippen molar-refractivity contribution in [1.82, 2.24) is 9.80 Å². The number of hydrogen-bond acceptors (Lipinski definition) is 4. The van der Waals surface area contributed by atoms with Crippen molar-refractivity contribution in [3.63, 3.8) is 0 Å². The average Bonchev–Trinajstić information content (AvgIpc) is 2.29. The number of aliphatic carboxylic acids is 1. The molecular weight excluding hydrogens is 230 g/mol. The molecule has 2 atom stereocenters. The normalized spacial score (nSPS) is 23.6. The molecule has 5 heteroatoms. The Hall–Kier alpha value is -0.650. The van der Waals surface area contributed by atoms with E-state index in [0.29, 0.717) is 6.42 Å². The van der Waals surface area contributed by atoms with Gasteiger partial charge in [-0.05, 0) is 33.2 Å². The highest BCUT2D eigenvalue weighted by Crippen LogP contribution is 2.16. The van der Waals surface area contributed by atoms with Crippen LogP contribution in [0.25, 0.3) is 0 Å². The number of carbonyl (C=O) groups is 1. The van der Waals surface area contributed by atoms with Gasteiger partial charge in [-0.1, -0.05) is 6.92 Å². The Morgan fingerprint density at radius 1 is 1.39 bits per heavy atom. The largest absolute Gasteiger partial charge is 0.480 e. The Bertz CT molecular complexity index is 273. The van der Waals surface area contributed by atoms with Crippen LogP contribution >= 0.6 is 0 Å². The maximum absolute atomic E-state index is 11.0. The van der Waals surface area contributed by atoms with Gasteiger partial charge in [-0.25, -0.2) is 0 Å². The molecule has 106 valence electrons. The van der Waals surface area contributed by atoms with E-state index >= 15 is 0 Å². The van der Waals surface area contributed by atoms with Crippen molar-refractivity contribution in [2.45, 2.75) is 45.2 Å². The second-order valence-electron chi connectivity index (χ2n) is 5.65. The van der Waals surface area contributed by atoms with Gasteiger partial charge in [0.15, 0.2) is 0 Å². The molecule has 5 nitrogen and oxygen atoms in total. The van der Waals surface area contributed by atoms with Crippen LogP contribution in [0.2, 0.25) is 0 Å². The first-order valence-corrected chi connectivity index (χ1v) is 6.85. The molecule has 0 aliphatic carbocycles. The standard InChI is InChI=1S/C13H27N3O2/c1-4-5-15-6-8-16(9-7-15)11(2)10-13(3,14)12(17)18/h11H,4-10,14H2,1-3H3,(H,17,18). The maximum Gasteiger partial charge on any atom is 0.323 e. The molecule has 3 N–H and O–H groups in total. The van der Waals surface area contributed by atoms with Crippen molar-refractivity contribution >= 4 is 5.97 Å². The summed E-state index contributed by atoms with van der Waals surface area (Å²) in [6, 6.07) is 0.222. The highest BCUT2D eigenvalue weighted by atomic mass is 16.4. The zero-order valence-electron chi connectivity index (χ0n) is 11.9. The van der Waals surface area contributed by atoms with Crippen LogP contribution in [0, 0.1) is 0 Å². The number of hydrogen-bond donors (Lipinski definition) is 2. The van der Waals surface area contributed by atoms with Gasteiger partial charge in [-0.2, -0.15) is 0 Å². The predicted octanol–water partition coefficient (Wildman–Crippen LogP) is 0.595. The summed E-state index contributed by atoms with van der Waals surface area (Å²) in [5, 5.41) is 9.05. The Kier molecular flexibility index (Phi) is 5.56. The molecule has 1 aliphatic heterocycles. The van der Waals surface area contributed by atoms with Crippen molar-refractivity contribution in [3.05, 3.63) is 0 Å². The minimum Gasteiger partial charge on any atom is -0.480 e. The molecule has 0 radical (unpaired) electrons. The molecule has 1 aliphatic rings. The molecule has 1 rings (SSSR count). The van der Waals surface area contributed by atoms with Crippen LogP contribution in [-0.2, 0) is 4.79 Å². The van der Waals surface area contributed by atoms with Crippen LogP contribution in [0.5, 0.6) is 0 Å². The third-order valence-electron chi connectivity index (χ3n) is 3.78. The molecule has 1 saturated heterocycles. The molecule has 0 aromatic carbocycles. The summed E-state index contributed by atoms with van der Waals surface area (Å²) in [5.74, 6) is -0.918. The summed E-state index contributed by atoms with van der Waals surface area (Å²) in [6.45, 7) is 11.2. The molecular formula is C13H27N3O2. The minimum atomic E-state index is -1.13. The van der Waals surface area contributed by atoms with E-state index in [0.717, 1.165) is 32.7 Å². The second kappa shape index (κ2) is 6.50. The summed E-state index contributed by atoms with van der Waals surface area (Å²) < 4.78 is 0. The van der Waals surface area contributed by atoms with E-state index in [4.69, 9.17) is 10.8 Å². The van der Waals surface area contributed by atoms with E-state index < -0.39 is 11.5 Å². The number of nitrogens with two attached hydrogens (primary N) is 1. The predicted molar refractivity (Wildman–Crippen MR) is 72.6 cm³/mol. The molecule has 18 heavy (non-hydrogen) atoms. The van der Waals surface area contributed by atoms with Crippen LogP contribution < -0.4 is 5.73 Å². The van der Waals surface area contributed by atoms with Gasteiger partial charge in [0.1, 0.15) is 5.54 Å². The highest BCUT2D eigenvalue weighted by Gasteiger charge is 2.32. The van der Waals surface area contributed by atoms with E-state index in [1.807, 2.05) is 0 Å². The molecule has 1 heterocycles. The SMILES string of the molecule is CCCN1CCN(C(C)CC(C)(N)C(=O)O)CC1. The van der Waals surface area contributed by atoms with Gasteiger partial charge in [-0.3, -0.25) is 9.69 Å². The first kappa shape index (κ1) is 15.4. The van der Waals surface area contributed by atoms with E-state index in [2.05, 4.69) is 23.6 Å². The number of nitrogens with zero attached hydrogens (tertiary/aromatic N) is 2. The van der Waals surface area contributed by atoms with Gasteiger partial charge in [0.25, 0.3) is 0 Å². The molecule has 0 aromatic heterocycles. The quantitative estimate of drug-likeness (QED) is 0.729. The molecule has 2 unspecified atom stereocenters.